The van der Waals surface area contributed by atoms with Crippen molar-refractivity contribution in [3.63, 3.8) is 0 Å². The summed E-state index contributed by atoms with van der Waals surface area (Å²) in [6.45, 7) is 9.84. The van der Waals surface area contributed by atoms with Gasteiger partial charge in [-0.15, -0.1) is 0 Å². The molecule has 0 bridgehead atoms. The van der Waals surface area contributed by atoms with Gasteiger partial charge in [0.2, 0.25) is 11.8 Å². The lowest BCUT2D eigenvalue weighted by molar-refractivity contribution is -0.117. The van der Waals surface area contributed by atoms with Crippen LogP contribution in [-0.4, -0.2) is 58.6 Å². The molecule has 1 aliphatic heterocycles. The van der Waals surface area contributed by atoms with Crippen molar-refractivity contribution < 1.29 is 9.32 Å². The zero-order valence-corrected chi connectivity index (χ0v) is 16.7. The number of carbonyl (C=O) groups excluding carboxylic acids is 1. The predicted octanol–water partition coefficient (Wildman–Crippen LogP) is 3.16. The Morgan fingerprint density at radius 3 is 2.56 bits per heavy atom. The Balaban J connectivity index is 1.48. The Hall–Kier alpha value is -1.96. The summed E-state index contributed by atoms with van der Waals surface area (Å²) in [5.41, 5.74) is 0.647. The lowest BCUT2D eigenvalue weighted by Crippen LogP contribution is -2.49. The van der Waals surface area contributed by atoms with E-state index in [1.54, 1.807) is 12.1 Å². The fourth-order valence-corrected chi connectivity index (χ4v) is 3.25. The molecule has 0 saturated carbocycles. The number of aromatic nitrogens is 2. The van der Waals surface area contributed by atoms with Gasteiger partial charge in [-0.1, -0.05) is 42.7 Å². The van der Waals surface area contributed by atoms with Crippen LogP contribution in [0.25, 0.3) is 0 Å². The molecule has 1 saturated heterocycles. The number of amides is 1. The van der Waals surface area contributed by atoms with E-state index in [1.807, 2.05) is 26.0 Å². The minimum absolute atomic E-state index is 0.0527. The third kappa shape index (κ3) is 5.06. The van der Waals surface area contributed by atoms with E-state index in [0.29, 0.717) is 23.1 Å². The van der Waals surface area contributed by atoms with Gasteiger partial charge < -0.3 is 9.84 Å². The highest BCUT2D eigenvalue weighted by Crippen LogP contribution is 2.22. The molecule has 3 rings (SSSR count). The molecule has 1 amide bonds. The highest BCUT2D eigenvalue weighted by molar-refractivity contribution is 6.33. The van der Waals surface area contributed by atoms with Gasteiger partial charge in [-0.25, -0.2) is 0 Å². The first kappa shape index (κ1) is 19.8. The molecule has 1 fully saturated rings. The van der Waals surface area contributed by atoms with Crippen molar-refractivity contribution in [2.45, 2.75) is 32.7 Å². The average molecular weight is 392 g/mol. The van der Waals surface area contributed by atoms with Crippen LogP contribution in [0.1, 0.15) is 44.4 Å². The Labute approximate surface area is 164 Å². The van der Waals surface area contributed by atoms with Crippen LogP contribution >= 0.6 is 11.6 Å². The normalized spacial score (nSPS) is 17.2. The van der Waals surface area contributed by atoms with E-state index in [1.165, 1.54) is 0 Å². The summed E-state index contributed by atoms with van der Waals surface area (Å²) in [7, 11) is 0. The van der Waals surface area contributed by atoms with Crippen LogP contribution in [0.15, 0.2) is 28.8 Å². The number of para-hydroxylation sites is 1. The minimum Gasteiger partial charge on any atom is -0.338 e. The Kier molecular flexibility index (Phi) is 6.46. The Bertz CT molecular complexity index is 771. The van der Waals surface area contributed by atoms with Gasteiger partial charge in [-0.2, -0.15) is 4.98 Å². The molecular formula is C19H26ClN5O2. The van der Waals surface area contributed by atoms with Crippen molar-refractivity contribution in [1.29, 1.82) is 0 Å². The van der Waals surface area contributed by atoms with Gasteiger partial charge in [-0.3, -0.25) is 14.6 Å². The molecule has 1 atom stereocenters. The van der Waals surface area contributed by atoms with Crippen LogP contribution in [0.2, 0.25) is 5.02 Å². The Morgan fingerprint density at radius 1 is 1.22 bits per heavy atom. The maximum Gasteiger partial charge on any atom is 0.243 e. The van der Waals surface area contributed by atoms with Gasteiger partial charge in [0.05, 0.1) is 23.3 Å². The SMILES string of the molecule is CC(C)c1noc(C(C)N2CCN(CC(=O)Nc3ccccc3Cl)CC2)n1. The monoisotopic (exact) mass is 391 g/mol. The molecule has 1 aromatic heterocycles. The maximum atomic E-state index is 12.3. The number of benzene rings is 1. The van der Waals surface area contributed by atoms with E-state index in [4.69, 9.17) is 16.1 Å². The van der Waals surface area contributed by atoms with Gasteiger partial charge >= 0.3 is 0 Å². The molecule has 0 radical (unpaired) electrons. The van der Waals surface area contributed by atoms with Crippen LogP contribution in [0.3, 0.4) is 0 Å². The van der Waals surface area contributed by atoms with Crippen molar-refractivity contribution in [2.75, 3.05) is 38.0 Å². The molecule has 7 nitrogen and oxygen atoms in total. The highest BCUT2D eigenvalue weighted by atomic mass is 35.5. The third-order valence-electron chi connectivity index (χ3n) is 4.80. The van der Waals surface area contributed by atoms with Crippen LogP contribution in [0, 0.1) is 0 Å². The molecule has 2 heterocycles. The number of piperazine rings is 1. The summed E-state index contributed by atoms with van der Waals surface area (Å²) in [5.74, 6) is 1.60. The average Bonchev–Trinajstić information content (AvgIpc) is 3.14. The summed E-state index contributed by atoms with van der Waals surface area (Å²) < 4.78 is 5.42. The van der Waals surface area contributed by atoms with Gasteiger partial charge in [-0.05, 0) is 19.1 Å². The van der Waals surface area contributed by atoms with Gasteiger partial charge in [0.25, 0.3) is 0 Å². The molecule has 0 aliphatic carbocycles. The van der Waals surface area contributed by atoms with E-state index >= 15 is 0 Å². The topological polar surface area (TPSA) is 74.5 Å². The minimum atomic E-state index is -0.0527. The van der Waals surface area contributed by atoms with Gasteiger partial charge in [0, 0.05) is 32.1 Å². The van der Waals surface area contributed by atoms with Crippen LogP contribution < -0.4 is 5.32 Å². The first-order valence-corrected chi connectivity index (χ1v) is 9.66. The molecule has 0 spiro atoms. The second kappa shape index (κ2) is 8.82. The molecule has 2 aromatic rings. The van der Waals surface area contributed by atoms with Crippen molar-refractivity contribution in [3.8, 4) is 0 Å². The molecule has 1 unspecified atom stereocenters. The summed E-state index contributed by atoms with van der Waals surface area (Å²) in [6, 6.07) is 7.33. The van der Waals surface area contributed by atoms with E-state index < -0.39 is 0 Å². The molecule has 1 N–H and O–H groups in total. The Morgan fingerprint density at radius 2 is 1.93 bits per heavy atom. The van der Waals surface area contributed by atoms with Crippen molar-refractivity contribution in [3.05, 3.63) is 41.0 Å². The number of halogens is 1. The van der Waals surface area contributed by atoms with Crippen molar-refractivity contribution in [1.82, 2.24) is 19.9 Å². The molecule has 146 valence electrons. The van der Waals surface area contributed by atoms with E-state index in [2.05, 4.69) is 32.2 Å². The molecule has 1 aliphatic rings. The first-order valence-electron chi connectivity index (χ1n) is 9.28. The van der Waals surface area contributed by atoms with E-state index in [9.17, 15) is 4.79 Å². The number of carbonyl (C=O) groups is 1. The lowest BCUT2D eigenvalue weighted by Gasteiger charge is -2.36. The van der Waals surface area contributed by atoms with Crippen LogP contribution in [-0.2, 0) is 4.79 Å². The van der Waals surface area contributed by atoms with Crippen LogP contribution in [0.5, 0.6) is 0 Å². The fourth-order valence-electron chi connectivity index (χ4n) is 3.07. The zero-order valence-electron chi connectivity index (χ0n) is 16.0. The predicted molar refractivity (Wildman–Crippen MR) is 105 cm³/mol. The summed E-state index contributed by atoms with van der Waals surface area (Å²) >= 11 is 6.09. The van der Waals surface area contributed by atoms with Crippen LogP contribution in [0.4, 0.5) is 5.69 Å². The zero-order chi connectivity index (χ0) is 19.4. The summed E-state index contributed by atoms with van der Waals surface area (Å²) in [4.78, 5) is 21.2. The quantitative estimate of drug-likeness (QED) is 0.815. The fraction of sp³-hybridized carbons (Fsp3) is 0.526. The second-order valence-electron chi connectivity index (χ2n) is 7.16. The third-order valence-corrected chi connectivity index (χ3v) is 5.13. The maximum absolute atomic E-state index is 12.3. The van der Waals surface area contributed by atoms with Crippen molar-refractivity contribution in [2.24, 2.45) is 0 Å². The van der Waals surface area contributed by atoms with E-state index in [0.717, 1.165) is 32.0 Å². The summed E-state index contributed by atoms with van der Waals surface area (Å²) in [5, 5.41) is 7.46. The number of nitrogens with zero attached hydrogens (tertiary/aromatic N) is 4. The standard InChI is InChI=1S/C19H26ClN5O2/c1-13(2)18-22-19(27-23-18)14(3)25-10-8-24(9-11-25)12-17(26)21-16-7-5-4-6-15(16)20/h4-7,13-14H,8-12H2,1-3H3,(H,21,26). The number of rotatable bonds is 6. The largest absolute Gasteiger partial charge is 0.338 e. The number of hydrogen-bond donors (Lipinski definition) is 1. The first-order chi connectivity index (χ1) is 12.9. The smallest absolute Gasteiger partial charge is 0.243 e. The molecular weight excluding hydrogens is 366 g/mol. The molecule has 8 heteroatoms. The van der Waals surface area contributed by atoms with Gasteiger partial charge in [0.1, 0.15) is 0 Å². The summed E-state index contributed by atoms with van der Waals surface area (Å²) in [6.07, 6.45) is 0. The second-order valence-corrected chi connectivity index (χ2v) is 7.57. The number of anilines is 1. The number of hydrogen-bond acceptors (Lipinski definition) is 6. The van der Waals surface area contributed by atoms with Gasteiger partial charge in [0.15, 0.2) is 5.82 Å². The highest BCUT2D eigenvalue weighted by Gasteiger charge is 2.26. The molecule has 1 aromatic carbocycles. The number of nitrogens with one attached hydrogen (secondary N) is 1. The molecule has 27 heavy (non-hydrogen) atoms. The van der Waals surface area contributed by atoms with E-state index in [-0.39, 0.29) is 17.9 Å². The lowest BCUT2D eigenvalue weighted by atomic mass is 10.2. The van der Waals surface area contributed by atoms with Crippen molar-refractivity contribution >= 4 is 23.2 Å².